The Kier molecular flexibility index (Phi) is 3.70. The normalized spacial score (nSPS) is 26.5. The summed E-state index contributed by atoms with van der Waals surface area (Å²) in [5.74, 6) is 0. The van der Waals surface area contributed by atoms with Crippen LogP contribution < -0.4 is 5.73 Å². The van der Waals surface area contributed by atoms with Crippen LogP contribution in [0.3, 0.4) is 0 Å². The molecule has 0 saturated carbocycles. The molecule has 1 aromatic carbocycles. The zero-order valence-corrected chi connectivity index (χ0v) is 12.0. The molecular formula is C13H20N2O3S. The lowest BCUT2D eigenvalue weighted by molar-refractivity contribution is 0.0762. The fraction of sp³-hybridized carbons (Fsp3) is 0.538. The highest BCUT2D eigenvalue weighted by atomic mass is 32.2. The van der Waals surface area contributed by atoms with E-state index in [0.717, 1.165) is 5.56 Å². The average Bonchev–Trinajstić information content (AvgIpc) is 2.70. The largest absolute Gasteiger partial charge is 0.389 e. The van der Waals surface area contributed by atoms with Gasteiger partial charge in [0.15, 0.2) is 0 Å². The summed E-state index contributed by atoms with van der Waals surface area (Å²) in [5, 5.41) is 9.87. The molecule has 0 aromatic heterocycles. The lowest BCUT2D eigenvalue weighted by Gasteiger charge is -2.19. The summed E-state index contributed by atoms with van der Waals surface area (Å²) < 4.78 is 26.1. The lowest BCUT2D eigenvalue weighted by atomic mass is 10.1. The molecule has 0 bridgehead atoms. The first-order valence-corrected chi connectivity index (χ1v) is 7.74. The summed E-state index contributed by atoms with van der Waals surface area (Å²) in [6.07, 6.45) is 0.462. The number of nitrogens with two attached hydrogens (primary N) is 1. The second kappa shape index (κ2) is 4.86. The molecule has 106 valence electrons. The van der Waals surface area contributed by atoms with Gasteiger partial charge in [-0.15, -0.1) is 0 Å². The minimum absolute atomic E-state index is 0.121. The summed E-state index contributed by atoms with van der Waals surface area (Å²) >= 11 is 0. The van der Waals surface area contributed by atoms with Gasteiger partial charge in [-0.25, -0.2) is 8.42 Å². The van der Waals surface area contributed by atoms with Crippen molar-refractivity contribution in [1.82, 2.24) is 4.31 Å². The predicted molar refractivity (Wildman–Crippen MR) is 73.0 cm³/mol. The van der Waals surface area contributed by atoms with Crippen molar-refractivity contribution in [2.75, 3.05) is 13.1 Å². The van der Waals surface area contributed by atoms with Gasteiger partial charge in [-0.2, -0.15) is 4.31 Å². The van der Waals surface area contributed by atoms with Gasteiger partial charge in [0.1, 0.15) is 0 Å². The van der Waals surface area contributed by atoms with Gasteiger partial charge in [0, 0.05) is 19.1 Å². The number of rotatable bonds is 3. The highest BCUT2D eigenvalue weighted by Crippen LogP contribution is 2.27. The third kappa shape index (κ3) is 2.97. The van der Waals surface area contributed by atoms with Gasteiger partial charge in [-0.05, 0) is 38.0 Å². The summed E-state index contributed by atoms with van der Waals surface area (Å²) in [6, 6.07) is 6.48. The van der Waals surface area contributed by atoms with Crippen LogP contribution in [0.5, 0.6) is 0 Å². The zero-order valence-electron chi connectivity index (χ0n) is 11.2. The highest BCUT2D eigenvalue weighted by Gasteiger charge is 2.38. The molecule has 3 N–H and O–H groups in total. The smallest absolute Gasteiger partial charge is 0.243 e. The van der Waals surface area contributed by atoms with Gasteiger partial charge in [0.05, 0.1) is 10.5 Å². The van der Waals surface area contributed by atoms with Crippen LogP contribution in [0.25, 0.3) is 0 Å². The Balaban J connectivity index is 2.25. The van der Waals surface area contributed by atoms with Gasteiger partial charge >= 0.3 is 0 Å². The van der Waals surface area contributed by atoms with Gasteiger partial charge in [0.2, 0.25) is 10.0 Å². The van der Waals surface area contributed by atoms with Crippen molar-refractivity contribution in [1.29, 1.82) is 0 Å². The molecule has 0 aliphatic carbocycles. The Morgan fingerprint density at radius 1 is 1.37 bits per heavy atom. The maximum absolute atomic E-state index is 12.4. The molecule has 1 heterocycles. The Morgan fingerprint density at radius 3 is 2.37 bits per heavy atom. The maximum Gasteiger partial charge on any atom is 0.243 e. The Bertz CT molecular complexity index is 550. The first-order chi connectivity index (χ1) is 8.72. The van der Waals surface area contributed by atoms with Crippen molar-refractivity contribution in [2.24, 2.45) is 5.73 Å². The van der Waals surface area contributed by atoms with Crippen LogP contribution in [-0.4, -0.2) is 36.5 Å². The molecule has 1 aliphatic heterocycles. The number of β-amino-alcohol motifs (C(OH)–C–C–N with tert-alkyl or cyclic N) is 1. The molecule has 0 amide bonds. The SMILES string of the molecule is CC(N)c1ccc(S(=O)(=O)N2CCC(C)(O)C2)cc1. The standard InChI is InChI=1S/C13H20N2O3S/c1-10(14)11-3-5-12(6-4-11)19(17,18)15-8-7-13(2,16)9-15/h3-6,10,16H,7-9,14H2,1-2H3. The van der Waals surface area contributed by atoms with Crippen molar-refractivity contribution in [3.63, 3.8) is 0 Å². The van der Waals surface area contributed by atoms with E-state index in [1.165, 1.54) is 4.31 Å². The van der Waals surface area contributed by atoms with E-state index < -0.39 is 15.6 Å². The van der Waals surface area contributed by atoms with Crippen LogP contribution in [0, 0.1) is 0 Å². The molecule has 2 atom stereocenters. The molecule has 0 radical (unpaired) electrons. The molecule has 1 aromatic rings. The number of hydrogen-bond acceptors (Lipinski definition) is 4. The van der Waals surface area contributed by atoms with Gasteiger partial charge in [-0.1, -0.05) is 12.1 Å². The van der Waals surface area contributed by atoms with Crippen molar-refractivity contribution < 1.29 is 13.5 Å². The van der Waals surface area contributed by atoms with E-state index in [-0.39, 0.29) is 17.5 Å². The van der Waals surface area contributed by atoms with Crippen LogP contribution in [0.1, 0.15) is 31.9 Å². The van der Waals surface area contributed by atoms with E-state index in [2.05, 4.69) is 0 Å². The summed E-state index contributed by atoms with van der Waals surface area (Å²) in [6.45, 7) is 4.00. The molecule has 0 spiro atoms. The van der Waals surface area contributed by atoms with Gasteiger partial charge < -0.3 is 10.8 Å². The van der Waals surface area contributed by atoms with Crippen LogP contribution in [-0.2, 0) is 10.0 Å². The van der Waals surface area contributed by atoms with E-state index in [4.69, 9.17) is 5.73 Å². The zero-order chi connectivity index (χ0) is 14.3. The predicted octanol–water partition coefficient (Wildman–Crippen LogP) is 0.852. The average molecular weight is 284 g/mol. The van der Waals surface area contributed by atoms with Crippen molar-refractivity contribution >= 4 is 10.0 Å². The fourth-order valence-electron chi connectivity index (χ4n) is 2.20. The Labute approximate surface area is 114 Å². The van der Waals surface area contributed by atoms with Crippen molar-refractivity contribution in [3.05, 3.63) is 29.8 Å². The van der Waals surface area contributed by atoms with Crippen LogP contribution in [0.4, 0.5) is 0 Å². The first kappa shape index (κ1) is 14.5. The van der Waals surface area contributed by atoms with E-state index >= 15 is 0 Å². The van der Waals surface area contributed by atoms with Gasteiger partial charge in [-0.3, -0.25) is 0 Å². The number of sulfonamides is 1. The number of benzene rings is 1. The van der Waals surface area contributed by atoms with Crippen LogP contribution in [0.15, 0.2) is 29.2 Å². The molecular weight excluding hydrogens is 264 g/mol. The van der Waals surface area contributed by atoms with Crippen LogP contribution in [0.2, 0.25) is 0 Å². The Morgan fingerprint density at radius 2 is 1.95 bits per heavy atom. The van der Waals surface area contributed by atoms with E-state index in [0.29, 0.717) is 13.0 Å². The minimum Gasteiger partial charge on any atom is -0.389 e. The second-order valence-electron chi connectivity index (χ2n) is 5.44. The number of hydrogen-bond donors (Lipinski definition) is 2. The van der Waals surface area contributed by atoms with Crippen LogP contribution >= 0.6 is 0 Å². The van der Waals surface area contributed by atoms with Crippen molar-refractivity contribution in [3.8, 4) is 0 Å². The van der Waals surface area contributed by atoms with E-state index in [9.17, 15) is 13.5 Å². The van der Waals surface area contributed by atoms with Gasteiger partial charge in [0.25, 0.3) is 0 Å². The minimum atomic E-state index is -3.52. The molecule has 1 fully saturated rings. The van der Waals surface area contributed by atoms with Crippen molar-refractivity contribution in [2.45, 2.75) is 36.8 Å². The third-order valence-electron chi connectivity index (χ3n) is 3.46. The third-order valence-corrected chi connectivity index (χ3v) is 5.32. The number of aliphatic hydroxyl groups is 1. The fourth-order valence-corrected chi connectivity index (χ4v) is 3.76. The quantitative estimate of drug-likeness (QED) is 0.862. The molecule has 5 nitrogen and oxygen atoms in total. The maximum atomic E-state index is 12.4. The summed E-state index contributed by atoms with van der Waals surface area (Å²) in [5.41, 5.74) is 5.70. The van der Waals surface area contributed by atoms with E-state index in [1.54, 1.807) is 31.2 Å². The highest BCUT2D eigenvalue weighted by molar-refractivity contribution is 7.89. The van der Waals surface area contributed by atoms with E-state index in [1.807, 2.05) is 6.92 Å². The summed E-state index contributed by atoms with van der Waals surface area (Å²) in [7, 11) is -3.52. The monoisotopic (exact) mass is 284 g/mol. The first-order valence-electron chi connectivity index (χ1n) is 6.30. The molecule has 1 saturated heterocycles. The molecule has 6 heteroatoms. The lowest BCUT2D eigenvalue weighted by Crippen LogP contribution is -2.33. The topological polar surface area (TPSA) is 83.6 Å². The molecule has 19 heavy (non-hydrogen) atoms. The molecule has 2 unspecified atom stereocenters. The summed E-state index contributed by atoms with van der Waals surface area (Å²) in [4.78, 5) is 0.245. The Hall–Kier alpha value is -0.950. The molecule has 1 aliphatic rings. The second-order valence-corrected chi connectivity index (χ2v) is 7.38. The number of nitrogens with zero attached hydrogens (tertiary/aromatic N) is 1. The molecule has 2 rings (SSSR count).